The van der Waals surface area contributed by atoms with Gasteiger partial charge in [0.15, 0.2) is 5.56 Å². The van der Waals surface area contributed by atoms with E-state index in [1.165, 1.54) is 0 Å². The van der Waals surface area contributed by atoms with Crippen LogP contribution in [0.25, 0.3) is 0 Å². The van der Waals surface area contributed by atoms with Crippen LogP contribution >= 0.6 is 11.6 Å². The van der Waals surface area contributed by atoms with Crippen LogP contribution in [-0.4, -0.2) is 47.8 Å². The Morgan fingerprint density at radius 2 is 2.36 bits per heavy atom. The third-order valence-corrected chi connectivity index (χ3v) is 1.72. The molecule has 1 saturated heterocycles. The largest absolute Gasteiger partial charge is 0.394 e. The minimum absolute atomic E-state index is 0.0393. The Morgan fingerprint density at radius 3 is 2.82 bits per heavy atom. The normalized spacial score (nSPS) is 28.1. The van der Waals surface area contributed by atoms with Crippen LogP contribution < -0.4 is 0 Å². The molecule has 4 nitrogen and oxygen atoms in total. The lowest BCUT2D eigenvalue weighted by Gasteiger charge is -2.10. The maximum absolute atomic E-state index is 8.83. The fraction of sp³-hybridized carbons (Fsp3) is 1.00. The van der Waals surface area contributed by atoms with Gasteiger partial charge in [-0.15, -0.1) is 0 Å². The summed E-state index contributed by atoms with van der Waals surface area (Å²) in [7, 11) is 0. The van der Waals surface area contributed by atoms with Gasteiger partial charge in [-0.3, -0.25) is 0 Å². The molecule has 0 aromatic carbocycles. The van der Waals surface area contributed by atoms with Crippen molar-refractivity contribution >= 4 is 11.6 Å². The van der Waals surface area contributed by atoms with Crippen molar-refractivity contribution in [3.05, 3.63) is 0 Å². The molecule has 1 heterocycles. The van der Waals surface area contributed by atoms with Crippen molar-refractivity contribution in [1.82, 2.24) is 0 Å². The molecule has 0 bridgehead atoms. The van der Waals surface area contributed by atoms with E-state index in [0.29, 0.717) is 6.61 Å². The van der Waals surface area contributed by atoms with Crippen LogP contribution in [0.15, 0.2) is 0 Å². The fourth-order valence-electron chi connectivity index (χ4n) is 0.570. The maximum atomic E-state index is 8.83. The van der Waals surface area contributed by atoms with E-state index >= 15 is 0 Å². The van der Waals surface area contributed by atoms with Gasteiger partial charge in [-0.2, -0.15) is 0 Å². The molecule has 0 saturated carbocycles. The second kappa shape index (κ2) is 4.23. The number of rotatable bonds is 5. The van der Waals surface area contributed by atoms with E-state index in [4.69, 9.17) is 31.3 Å². The standard InChI is InChI=1S/C6H11ClO4/c7-6(5-3-10-5)11-2-4(9)1-8/h4-6,8-9H,1-3H2. The van der Waals surface area contributed by atoms with Crippen LogP contribution in [0.1, 0.15) is 0 Å². The van der Waals surface area contributed by atoms with E-state index in [2.05, 4.69) is 0 Å². The van der Waals surface area contributed by atoms with Gasteiger partial charge >= 0.3 is 0 Å². The van der Waals surface area contributed by atoms with Crippen LogP contribution in [0.4, 0.5) is 0 Å². The van der Waals surface area contributed by atoms with Gasteiger partial charge in [-0.05, 0) is 0 Å². The van der Waals surface area contributed by atoms with Crippen LogP contribution in [0.5, 0.6) is 0 Å². The highest BCUT2D eigenvalue weighted by Crippen LogP contribution is 2.19. The minimum atomic E-state index is -0.852. The molecule has 3 atom stereocenters. The quantitative estimate of drug-likeness (QED) is 0.437. The summed E-state index contributed by atoms with van der Waals surface area (Å²) in [5, 5.41) is 17.2. The summed E-state index contributed by atoms with van der Waals surface area (Å²) in [5.74, 6) is 0. The summed E-state index contributed by atoms with van der Waals surface area (Å²) in [6, 6.07) is 0. The molecule has 0 aliphatic carbocycles. The Hall–Kier alpha value is 0.130. The molecule has 1 rings (SSSR count). The highest BCUT2D eigenvalue weighted by molar-refractivity contribution is 6.20. The van der Waals surface area contributed by atoms with Gasteiger partial charge in [-0.1, -0.05) is 11.6 Å². The molecule has 3 unspecified atom stereocenters. The fourth-order valence-corrected chi connectivity index (χ4v) is 0.788. The summed E-state index contributed by atoms with van der Waals surface area (Å²) in [4.78, 5) is 0. The Bertz CT molecular complexity index is 117. The molecular formula is C6H11ClO4. The number of hydrogen-bond acceptors (Lipinski definition) is 4. The van der Waals surface area contributed by atoms with Crippen LogP contribution in [-0.2, 0) is 9.47 Å². The molecule has 0 aromatic heterocycles. The lowest BCUT2D eigenvalue weighted by molar-refractivity contribution is -0.0105. The zero-order valence-electron chi connectivity index (χ0n) is 5.94. The zero-order valence-corrected chi connectivity index (χ0v) is 6.70. The molecular weight excluding hydrogens is 172 g/mol. The van der Waals surface area contributed by atoms with Gasteiger partial charge in [0.2, 0.25) is 0 Å². The van der Waals surface area contributed by atoms with E-state index < -0.39 is 11.7 Å². The van der Waals surface area contributed by atoms with E-state index in [1.807, 2.05) is 0 Å². The summed E-state index contributed by atoms with van der Waals surface area (Å²) in [5.41, 5.74) is -0.504. The summed E-state index contributed by atoms with van der Waals surface area (Å²) < 4.78 is 9.78. The second-order valence-electron chi connectivity index (χ2n) is 2.39. The van der Waals surface area contributed by atoms with E-state index in [-0.39, 0.29) is 19.3 Å². The molecule has 1 aliphatic heterocycles. The highest BCUT2D eigenvalue weighted by Gasteiger charge is 2.32. The first-order valence-corrected chi connectivity index (χ1v) is 3.84. The predicted octanol–water partition coefficient (Wildman–Crippen LogP) is -0.680. The van der Waals surface area contributed by atoms with Crippen molar-refractivity contribution in [3.8, 4) is 0 Å². The smallest absolute Gasteiger partial charge is 0.159 e. The molecule has 0 radical (unpaired) electrons. The van der Waals surface area contributed by atoms with Gasteiger partial charge in [0.25, 0.3) is 0 Å². The van der Waals surface area contributed by atoms with Crippen molar-refractivity contribution in [2.45, 2.75) is 17.8 Å². The average molecular weight is 183 g/mol. The Kier molecular flexibility index (Phi) is 3.54. The lowest BCUT2D eigenvalue weighted by atomic mass is 10.4. The van der Waals surface area contributed by atoms with E-state index in [9.17, 15) is 0 Å². The Morgan fingerprint density at radius 1 is 1.73 bits per heavy atom. The second-order valence-corrected chi connectivity index (χ2v) is 2.82. The Labute approximate surface area is 69.7 Å². The highest BCUT2D eigenvalue weighted by atomic mass is 35.5. The molecule has 11 heavy (non-hydrogen) atoms. The van der Waals surface area contributed by atoms with Gasteiger partial charge in [-0.25, -0.2) is 0 Å². The third kappa shape index (κ3) is 3.35. The summed E-state index contributed by atoms with van der Waals surface area (Å²) >= 11 is 5.64. The molecule has 1 fully saturated rings. The molecule has 5 heteroatoms. The number of epoxide rings is 1. The molecule has 66 valence electrons. The molecule has 0 spiro atoms. The molecule has 1 aliphatic rings. The first-order chi connectivity index (χ1) is 5.24. The first kappa shape index (κ1) is 9.22. The third-order valence-electron chi connectivity index (χ3n) is 1.31. The topological polar surface area (TPSA) is 62.2 Å². The first-order valence-electron chi connectivity index (χ1n) is 3.40. The molecule has 0 amide bonds. The van der Waals surface area contributed by atoms with Crippen LogP contribution in [0.2, 0.25) is 0 Å². The van der Waals surface area contributed by atoms with E-state index in [0.717, 1.165) is 0 Å². The summed E-state index contributed by atoms with van der Waals surface area (Å²) in [6.45, 7) is 0.350. The number of halogens is 1. The molecule has 0 aromatic rings. The van der Waals surface area contributed by atoms with Gasteiger partial charge in [0.1, 0.15) is 12.2 Å². The average Bonchev–Trinajstić information content (AvgIpc) is 2.81. The van der Waals surface area contributed by atoms with Crippen LogP contribution in [0, 0.1) is 0 Å². The number of aliphatic hydroxyl groups is 2. The zero-order chi connectivity index (χ0) is 8.27. The van der Waals surface area contributed by atoms with Gasteiger partial charge < -0.3 is 19.7 Å². The number of hydrogen-bond donors (Lipinski definition) is 2. The van der Waals surface area contributed by atoms with E-state index in [1.54, 1.807) is 0 Å². The maximum Gasteiger partial charge on any atom is 0.159 e. The van der Waals surface area contributed by atoms with Crippen molar-refractivity contribution in [3.63, 3.8) is 0 Å². The lowest BCUT2D eigenvalue weighted by Crippen LogP contribution is -2.24. The monoisotopic (exact) mass is 182 g/mol. The minimum Gasteiger partial charge on any atom is -0.394 e. The van der Waals surface area contributed by atoms with Crippen molar-refractivity contribution in [1.29, 1.82) is 0 Å². The van der Waals surface area contributed by atoms with Gasteiger partial charge in [0, 0.05) is 0 Å². The number of alkyl halides is 1. The predicted molar refractivity (Wildman–Crippen MR) is 38.4 cm³/mol. The van der Waals surface area contributed by atoms with Crippen LogP contribution in [0.3, 0.4) is 0 Å². The van der Waals surface area contributed by atoms with Crippen molar-refractivity contribution in [2.24, 2.45) is 0 Å². The summed E-state index contributed by atoms with van der Waals surface area (Å²) in [6.07, 6.45) is -0.891. The Balaban J connectivity index is 2.00. The number of aliphatic hydroxyl groups excluding tert-OH is 2. The number of ether oxygens (including phenoxy) is 2. The van der Waals surface area contributed by atoms with Crippen molar-refractivity contribution < 1.29 is 19.7 Å². The van der Waals surface area contributed by atoms with Crippen molar-refractivity contribution in [2.75, 3.05) is 19.8 Å². The SMILES string of the molecule is OCC(O)COC(Cl)C1CO1. The molecule has 2 N–H and O–H groups in total. The van der Waals surface area contributed by atoms with Gasteiger partial charge in [0.05, 0.1) is 19.8 Å².